The topological polar surface area (TPSA) is 102 Å². The fourth-order valence-corrected chi connectivity index (χ4v) is 3.65. The minimum atomic E-state index is -0.590. The van der Waals surface area contributed by atoms with Gasteiger partial charge < -0.3 is 15.2 Å². The van der Waals surface area contributed by atoms with Gasteiger partial charge in [-0.2, -0.15) is 0 Å². The van der Waals surface area contributed by atoms with Gasteiger partial charge in [-0.05, 0) is 19.1 Å². The SMILES string of the molecule is C[C@H](NC(=O)c1ccccc1F)c1nnc(SCC(=O)Nc2nccs2)n1C. The average Bonchev–Trinajstić information content (AvgIpc) is 3.30. The summed E-state index contributed by atoms with van der Waals surface area (Å²) in [5.74, 6) is -0.696. The molecule has 2 heterocycles. The third-order valence-corrected chi connectivity index (χ3v) is 5.44. The third kappa shape index (κ3) is 4.73. The van der Waals surface area contributed by atoms with Gasteiger partial charge in [0.1, 0.15) is 5.82 Å². The van der Waals surface area contributed by atoms with E-state index in [0.29, 0.717) is 16.1 Å². The van der Waals surface area contributed by atoms with Crippen LogP contribution in [0.2, 0.25) is 0 Å². The predicted molar refractivity (Wildman–Crippen MR) is 105 cm³/mol. The molecule has 2 N–H and O–H groups in total. The van der Waals surface area contributed by atoms with Gasteiger partial charge in [0.2, 0.25) is 5.91 Å². The van der Waals surface area contributed by atoms with Gasteiger partial charge in [0.15, 0.2) is 16.1 Å². The number of thiazole rings is 1. The quantitative estimate of drug-likeness (QED) is 0.570. The Balaban J connectivity index is 1.59. The highest BCUT2D eigenvalue weighted by Gasteiger charge is 2.20. The van der Waals surface area contributed by atoms with Crippen molar-refractivity contribution in [3.05, 3.63) is 53.0 Å². The van der Waals surface area contributed by atoms with Gasteiger partial charge in [-0.25, -0.2) is 9.37 Å². The maximum Gasteiger partial charge on any atom is 0.254 e. The van der Waals surface area contributed by atoms with E-state index in [9.17, 15) is 14.0 Å². The zero-order valence-corrected chi connectivity index (χ0v) is 16.7. The fourth-order valence-electron chi connectivity index (χ4n) is 2.38. The molecule has 3 rings (SSSR count). The second kappa shape index (κ2) is 8.93. The van der Waals surface area contributed by atoms with Crippen molar-refractivity contribution in [1.82, 2.24) is 25.1 Å². The van der Waals surface area contributed by atoms with Crippen molar-refractivity contribution in [3.63, 3.8) is 0 Å². The molecule has 0 saturated heterocycles. The Morgan fingerprint density at radius 2 is 2.11 bits per heavy atom. The van der Waals surface area contributed by atoms with E-state index >= 15 is 0 Å². The number of nitrogens with zero attached hydrogens (tertiary/aromatic N) is 4. The van der Waals surface area contributed by atoms with Gasteiger partial charge in [-0.3, -0.25) is 9.59 Å². The monoisotopic (exact) mass is 420 g/mol. The summed E-state index contributed by atoms with van der Waals surface area (Å²) in [6.07, 6.45) is 1.61. The van der Waals surface area contributed by atoms with E-state index in [-0.39, 0.29) is 17.2 Å². The molecule has 0 bridgehead atoms. The minimum absolute atomic E-state index is 0.0371. The van der Waals surface area contributed by atoms with Crippen LogP contribution in [0.3, 0.4) is 0 Å². The lowest BCUT2D eigenvalue weighted by Crippen LogP contribution is -2.29. The van der Waals surface area contributed by atoms with Crippen molar-refractivity contribution in [3.8, 4) is 0 Å². The largest absolute Gasteiger partial charge is 0.342 e. The molecule has 28 heavy (non-hydrogen) atoms. The Morgan fingerprint density at radius 1 is 1.32 bits per heavy atom. The van der Waals surface area contributed by atoms with Crippen molar-refractivity contribution in [2.24, 2.45) is 7.05 Å². The molecule has 3 aromatic rings. The second-order valence-electron chi connectivity index (χ2n) is 5.75. The lowest BCUT2D eigenvalue weighted by Gasteiger charge is -2.14. The summed E-state index contributed by atoms with van der Waals surface area (Å²) in [6, 6.07) is 5.26. The molecule has 0 aliphatic heterocycles. The molecule has 2 amide bonds. The molecular weight excluding hydrogens is 403 g/mol. The predicted octanol–water partition coefficient (Wildman–Crippen LogP) is 2.63. The van der Waals surface area contributed by atoms with Crippen molar-refractivity contribution in [2.45, 2.75) is 18.1 Å². The highest BCUT2D eigenvalue weighted by Crippen LogP contribution is 2.20. The van der Waals surface area contributed by atoms with Crippen LogP contribution in [0.5, 0.6) is 0 Å². The third-order valence-electron chi connectivity index (χ3n) is 3.73. The highest BCUT2D eigenvalue weighted by atomic mass is 32.2. The van der Waals surface area contributed by atoms with Crippen LogP contribution in [0.4, 0.5) is 9.52 Å². The molecule has 0 spiro atoms. The van der Waals surface area contributed by atoms with Crippen LogP contribution in [-0.2, 0) is 11.8 Å². The van der Waals surface area contributed by atoms with Crippen LogP contribution in [0, 0.1) is 5.82 Å². The zero-order chi connectivity index (χ0) is 20.1. The van der Waals surface area contributed by atoms with Crippen molar-refractivity contribution >= 4 is 40.0 Å². The number of rotatable bonds is 7. The molecule has 2 aromatic heterocycles. The molecule has 11 heteroatoms. The first-order chi connectivity index (χ1) is 13.5. The number of aromatic nitrogens is 4. The van der Waals surface area contributed by atoms with Crippen molar-refractivity contribution in [2.75, 3.05) is 11.1 Å². The molecule has 8 nitrogen and oxygen atoms in total. The van der Waals surface area contributed by atoms with E-state index in [2.05, 4.69) is 25.8 Å². The molecule has 0 radical (unpaired) electrons. The first kappa shape index (κ1) is 20.0. The smallest absolute Gasteiger partial charge is 0.254 e. The van der Waals surface area contributed by atoms with Crippen LogP contribution in [0.15, 0.2) is 41.0 Å². The van der Waals surface area contributed by atoms with Crippen LogP contribution < -0.4 is 10.6 Å². The molecule has 1 aromatic carbocycles. The van der Waals surface area contributed by atoms with Gasteiger partial charge in [0.05, 0.1) is 17.4 Å². The second-order valence-corrected chi connectivity index (χ2v) is 7.59. The first-order valence-corrected chi connectivity index (χ1v) is 10.1. The van der Waals surface area contributed by atoms with Gasteiger partial charge in [-0.1, -0.05) is 23.9 Å². The Morgan fingerprint density at radius 3 is 2.82 bits per heavy atom. The summed E-state index contributed by atoms with van der Waals surface area (Å²) in [6.45, 7) is 1.73. The Hall–Kier alpha value is -2.79. The summed E-state index contributed by atoms with van der Waals surface area (Å²) in [4.78, 5) is 28.2. The maximum absolute atomic E-state index is 13.7. The molecule has 0 unspecified atom stereocenters. The standard InChI is InChI=1S/C17H17FN6O2S2/c1-10(20-15(26)11-5-3-4-6-12(11)18)14-22-23-17(24(14)2)28-9-13(25)21-16-19-7-8-27-16/h3-8,10H,9H2,1-2H3,(H,20,26)(H,19,21,25)/t10-/m0/s1. The zero-order valence-electron chi connectivity index (χ0n) is 15.0. The van der Waals surface area contributed by atoms with Gasteiger partial charge in [0, 0.05) is 18.6 Å². The molecule has 0 aliphatic carbocycles. The Labute approximate surface area is 168 Å². The van der Waals surface area contributed by atoms with Crippen LogP contribution in [0.1, 0.15) is 29.1 Å². The molecular formula is C17H17FN6O2S2. The molecule has 1 atom stereocenters. The number of anilines is 1. The minimum Gasteiger partial charge on any atom is -0.342 e. The van der Waals surface area contributed by atoms with Crippen LogP contribution in [-0.4, -0.2) is 37.3 Å². The van der Waals surface area contributed by atoms with E-state index < -0.39 is 17.8 Å². The summed E-state index contributed by atoms with van der Waals surface area (Å²) in [5, 5.41) is 16.4. The maximum atomic E-state index is 13.7. The first-order valence-electron chi connectivity index (χ1n) is 8.22. The van der Waals surface area contributed by atoms with Crippen molar-refractivity contribution in [1.29, 1.82) is 0 Å². The van der Waals surface area contributed by atoms with E-state index in [0.717, 1.165) is 0 Å². The molecule has 146 valence electrons. The van der Waals surface area contributed by atoms with Crippen LogP contribution >= 0.6 is 23.1 Å². The Kier molecular flexibility index (Phi) is 6.37. The fraction of sp³-hybridized carbons (Fsp3) is 0.235. The van der Waals surface area contributed by atoms with Gasteiger partial charge >= 0.3 is 0 Å². The molecule has 0 aliphatic rings. The highest BCUT2D eigenvalue weighted by molar-refractivity contribution is 7.99. The van der Waals surface area contributed by atoms with E-state index in [1.807, 2.05) is 0 Å². The number of halogens is 1. The lowest BCUT2D eigenvalue weighted by molar-refractivity contribution is -0.113. The number of amides is 2. The number of hydrogen-bond acceptors (Lipinski definition) is 7. The van der Waals surface area contributed by atoms with Gasteiger partial charge in [0.25, 0.3) is 5.91 Å². The number of benzene rings is 1. The number of hydrogen-bond donors (Lipinski definition) is 2. The van der Waals surface area contributed by atoms with Crippen molar-refractivity contribution < 1.29 is 14.0 Å². The van der Waals surface area contributed by atoms with E-state index in [1.54, 1.807) is 36.2 Å². The summed E-state index contributed by atoms with van der Waals surface area (Å²) in [7, 11) is 1.74. The Bertz CT molecular complexity index is 976. The molecule has 0 saturated carbocycles. The normalized spacial score (nSPS) is 11.8. The number of nitrogens with one attached hydrogen (secondary N) is 2. The van der Waals surface area contributed by atoms with E-state index in [1.165, 1.54) is 41.3 Å². The lowest BCUT2D eigenvalue weighted by atomic mass is 10.2. The summed E-state index contributed by atoms with van der Waals surface area (Å²) < 4.78 is 15.4. The molecule has 0 fully saturated rings. The number of thioether (sulfide) groups is 1. The summed E-state index contributed by atoms with van der Waals surface area (Å²) >= 11 is 2.55. The van der Waals surface area contributed by atoms with E-state index in [4.69, 9.17) is 0 Å². The summed E-state index contributed by atoms with van der Waals surface area (Å²) in [5.41, 5.74) is -0.0371. The number of carbonyl (C=O) groups excluding carboxylic acids is 2. The average molecular weight is 420 g/mol. The van der Waals surface area contributed by atoms with Crippen LogP contribution in [0.25, 0.3) is 0 Å². The number of carbonyl (C=O) groups is 2. The van der Waals surface area contributed by atoms with Gasteiger partial charge in [-0.15, -0.1) is 21.5 Å².